The number of benzene rings is 1. The first-order chi connectivity index (χ1) is 7.48. The summed E-state index contributed by atoms with van der Waals surface area (Å²) in [7, 11) is 0. The third-order valence-electron chi connectivity index (χ3n) is 3.98. The minimum absolute atomic E-state index is 0.250. The summed E-state index contributed by atoms with van der Waals surface area (Å²) < 4.78 is 0. The Morgan fingerprint density at radius 3 is 2.25 bits per heavy atom. The molecule has 3 unspecified atom stereocenters. The highest BCUT2D eigenvalue weighted by molar-refractivity contribution is 6.65. The molecular formula is C13H14Cl2O. The number of hydrogen-bond acceptors (Lipinski definition) is 1. The molecule has 2 rings (SSSR count). The maximum atomic E-state index is 11.7. The second-order valence-corrected chi connectivity index (χ2v) is 5.50. The van der Waals surface area contributed by atoms with E-state index in [4.69, 9.17) is 23.2 Å². The molecule has 3 heteroatoms. The van der Waals surface area contributed by atoms with Gasteiger partial charge in [0.05, 0.1) is 5.41 Å². The van der Waals surface area contributed by atoms with Gasteiger partial charge in [0.2, 0.25) is 5.24 Å². The minimum Gasteiger partial charge on any atom is -0.280 e. The van der Waals surface area contributed by atoms with Crippen LogP contribution in [0.2, 0.25) is 5.02 Å². The highest BCUT2D eigenvalue weighted by Crippen LogP contribution is 2.53. The van der Waals surface area contributed by atoms with Crippen LogP contribution in [-0.2, 0) is 10.2 Å². The molecule has 0 N–H and O–H groups in total. The van der Waals surface area contributed by atoms with E-state index in [1.54, 1.807) is 0 Å². The topological polar surface area (TPSA) is 17.1 Å². The number of halogens is 2. The molecule has 86 valence electrons. The fourth-order valence-electron chi connectivity index (χ4n) is 2.70. The summed E-state index contributed by atoms with van der Waals surface area (Å²) in [5, 5.41) is 0.432. The van der Waals surface area contributed by atoms with Crippen LogP contribution in [0.1, 0.15) is 25.8 Å². The van der Waals surface area contributed by atoms with Gasteiger partial charge in [0.15, 0.2) is 0 Å². The molecule has 0 aromatic heterocycles. The standard InChI is InChI=1S/C13H14Cl2O/c1-8-7-13(9(8)2,12(15)16)10-3-5-11(14)6-4-10/h3-6,8-9H,7H2,1-2H3. The molecule has 1 aliphatic carbocycles. The van der Waals surface area contributed by atoms with Crippen molar-refractivity contribution in [3.63, 3.8) is 0 Å². The molecule has 1 nitrogen and oxygen atoms in total. The maximum Gasteiger partial charge on any atom is 0.232 e. The molecule has 1 saturated carbocycles. The Hall–Kier alpha value is -0.530. The third kappa shape index (κ3) is 1.57. The van der Waals surface area contributed by atoms with Crippen molar-refractivity contribution in [1.29, 1.82) is 0 Å². The Bertz CT molecular complexity index is 412. The van der Waals surface area contributed by atoms with E-state index >= 15 is 0 Å². The van der Waals surface area contributed by atoms with E-state index in [1.165, 1.54) is 0 Å². The van der Waals surface area contributed by atoms with Crippen LogP contribution in [-0.4, -0.2) is 5.24 Å². The lowest BCUT2D eigenvalue weighted by molar-refractivity contribution is -0.125. The summed E-state index contributed by atoms with van der Waals surface area (Å²) in [6, 6.07) is 7.44. The summed E-state index contributed by atoms with van der Waals surface area (Å²) in [4.78, 5) is 11.7. The minimum atomic E-state index is -0.494. The van der Waals surface area contributed by atoms with Crippen LogP contribution in [0.25, 0.3) is 0 Å². The lowest BCUT2D eigenvalue weighted by Crippen LogP contribution is -2.53. The van der Waals surface area contributed by atoms with Gasteiger partial charge in [-0.25, -0.2) is 0 Å². The molecule has 3 atom stereocenters. The smallest absolute Gasteiger partial charge is 0.232 e. The fourth-order valence-corrected chi connectivity index (χ4v) is 3.18. The van der Waals surface area contributed by atoms with E-state index in [1.807, 2.05) is 24.3 Å². The predicted molar refractivity (Wildman–Crippen MR) is 66.9 cm³/mol. The molecule has 0 spiro atoms. The Balaban J connectivity index is 2.42. The SMILES string of the molecule is CC1CC(C(=O)Cl)(c2ccc(Cl)cc2)C1C. The van der Waals surface area contributed by atoms with Gasteiger partial charge in [-0.1, -0.05) is 37.6 Å². The lowest BCUT2D eigenvalue weighted by atomic mass is 9.53. The first kappa shape index (κ1) is 11.9. The third-order valence-corrected chi connectivity index (χ3v) is 4.57. The van der Waals surface area contributed by atoms with Gasteiger partial charge in [0, 0.05) is 5.02 Å². The van der Waals surface area contributed by atoms with Crippen LogP contribution in [0.3, 0.4) is 0 Å². The molecular weight excluding hydrogens is 243 g/mol. The zero-order chi connectivity index (χ0) is 11.9. The van der Waals surface area contributed by atoms with Gasteiger partial charge in [-0.05, 0) is 47.6 Å². The molecule has 1 aromatic rings. The van der Waals surface area contributed by atoms with Crippen molar-refractivity contribution in [3.8, 4) is 0 Å². The van der Waals surface area contributed by atoms with E-state index in [0.717, 1.165) is 12.0 Å². The second-order valence-electron chi connectivity index (χ2n) is 4.72. The normalized spacial score (nSPS) is 33.2. The molecule has 0 amide bonds. The number of carbonyl (C=O) groups is 1. The van der Waals surface area contributed by atoms with E-state index in [0.29, 0.717) is 16.9 Å². The van der Waals surface area contributed by atoms with Gasteiger partial charge in [0.25, 0.3) is 0 Å². The van der Waals surface area contributed by atoms with E-state index in [2.05, 4.69) is 13.8 Å². The number of rotatable bonds is 2. The zero-order valence-electron chi connectivity index (χ0n) is 9.34. The molecule has 1 aromatic carbocycles. The van der Waals surface area contributed by atoms with Crippen LogP contribution in [0.15, 0.2) is 24.3 Å². The fraction of sp³-hybridized carbons (Fsp3) is 0.462. The molecule has 1 fully saturated rings. The zero-order valence-corrected chi connectivity index (χ0v) is 10.8. The van der Waals surface area contributed by atoms with Crippen molar-refractivity contribution in [3.05, 3.63) is 34.9 Å². The van der Waals surface area contributed by atoms with Gasteiger partial charge in [-0.3, -0.25) is 4.79 Å². The van der Waals surface area contributed by atoms with Crippen LogP contribution < -0.4 is 0 Å². The van der Waals surface area contributed by atoms with Gasteiger partial charge >= 0.3 is 0 Å². The molecule has 0 radical (unpaired) electrons. The second kappa shape index (κ2) is 4.05. The molecule has 0 saturated heterocycles. The average Bonchev–Trinajstić information content (AvgIpc) is 2.26. The summed E-state index contributed by atoms with van der Waals surface area (Å²) >= 11 is 11.6. The van der Waals surface area contributed by atoms with Crippen molar-refractivity contribution in [2.75, 3.05) is 0 Å². The van der Waals surface area contributed by atoms with E-state index in [9.17, 15) is 4.79 Å². The molecule has 1 aliphatic rings. The first-order valence-electron chi connectivity index (χ1n) is 5.44. The van der Waals surface area contributed by atoms with Crippen molar-refractivity contribution in [2.45, 2.75) is 25.7 Å². The van der Waals surface area contributed by atoms with Gasteiger partial charge in [0.1, 0.15) is 0 Å². The highest BCUT2D eigenvalue weighted by atomic mass is 35.5. The van der Waals surface area contributed by atoms with E-state index in [-0.39, 0.29) is 5.24 Å². The van der Waals surface area contributed by atoms with Crippen molar-refractivity contribution in [2.24, 2.45) is 11.8 Å². The Morgan fingerprint density at radius 1 is 1.31 bits per heavy atom. The van der Waals surface area contributed by atoms with Crippen molar-refractivity contribution >= 4 is 28.4 Å². The highest BCUT2D eigenvalue weighted by Gasteiger charge is 2.54. The van der Waals surface area contributed by atoms with Gasteiger partial charge < -0.3 is 0 Å². The van der Waals surface area contributed by atoms with Crippen molar-refractivity contribution < 1.29 is 4.79 Å². The van der Waals surface area contributed by atoms with Crippen molar-refractivity contribution in [1.82, 2.24) is 0 Å². The van der Waals surface area contributed by atoms with Crippen LogP contribution in [0.5, 0.6) is 0 Å². The summed E-state index contributed by atoms with van der Waals surface area (Å²) in [5.41, 5.74) is 0.494. The monoisotopic (exact) mass is 256 g/mol. The van der Waals surface area contributed by atoms with Crippen LogP contribution in [0, 0.1) is 11.8 Å². The number of hydrogen-bond donors (Lipinski definition) is 0. The predicted octanol–water partition coefficient (Wildman–Crippen LogP) is 4.02. The molecule has 16 heavy (non-hydrogen) atoms. The van der Waals surface area contributed by atoms with Crippen LogP contribution >= 0.6 is 23.2 Å². The largest absolute Gasteiger partial charge is 0.280 e. The van der Waals surface area contributed by atoms with Crippen LogP contribution in [0.4, 0.5) is 0 Å². The van der Waals surface area contributed by atoms with Gasteiger partial charge in [-0.2, -0.15) is 0 Å². The average molecular weight is 257 g/mol. The lowest BCUT2D eigenvalue weighted by Gasteiger charge is -2.50. The molecule has 0 aliphatic heterocycles. The maximum absolute atomic E-state index is 11.7. The Kier molecular flexibility index (Phi) is 3.02. The summed E-state index contributed by atoms with van der Waals surface area (Å²) in [6.45, 7) is 4.24. The van der Waals surface area contributed by atoms with E-state index < -0.39 is 5.41 Å². The quantitative estimate of drug-likeness (QED) is 0.731. The molecule has 0 bridgehead atoms. The summed E-state index contributed by atoms with van der Waals surface area (Å²) in [6.07, 6.45) is 0.831. The molecule has 0 heterocycles. The summed E-state index contributed by atoms with van der Waals surface area (Å²) in [5.74, 6) is 0.831. The Morgan fingerprint density at radius 2 is 1.88 bits per heavy atom. The first-order valence-corrected chi connectivity index (χ1v) is 6.20. The Labute approximate surface area is 106 Å². The van der Waals surface area contributed by atoms with Gasteiger partial charge in [-0.15, -0.1) is 0 Å². The number of carbonyl (C=O) groups excluding carboxylic acids is 1.